The van der Waals surface area contributed by atoms with E-state index in [9.17, 15) is 0 Å². The Morgan fingerprint density at radius 2 is 1.95 bits per heavy atom. The number of hydrogen-bond acceptors (Lipinski definition) is 3. The summed E-state index contributed by atoms with van der Waals surface area (Å²) in [5, 5.41) is 15.1. The summed E-state index contributed by atoms with van der Waals surface area (Å²) >= 11 is 0. The number of halogens is 1. The molecule has 0 aromatic heterocycles. The lowest BCUT2D eigenvalue weighted by Crippen LogP contribution is -2.38. The second kappa shape index (κ2) is 11.8. The van der Waals surface area contributed by atoms with Crippen molar-refractivity contribution < 1.29 is 9.84 Å². The second-order valence-corrected chi connectivity index (χ2v) is 4.01. The van der Waals surface area contributed by atoms with Crippen LogP contribution in [0.3, 0.4) is 0 Å². The van der Waals surface area contributed by atoms with Crippen LogP contribution in [-0.4, -0.2) is 44.4 Å². The standard InChI is InChI=1S/C14H23N3O2.HI/c1-3-15-14(17-10-11-18)16-9-8-12-4-6-13(19-2)7-5-12;/h4-7,18H,3,8-11H2,1-2H3,(H2,15,16,17);1H. The molecule has 0 saturated heterocycles. The van der Waals surface area contributed by atoms with Gasteiger partial charge in [-0.2, -0.15) is 0 Å². The summed E-state index contributed by atoms with van der Waals surface area (Å²) in [7, 11) is 1.66. The molecule has 1 rings (SSSR count). The lowest BCUT2D eigenvalue weighted by molar-refractivity contribution is 0.306. The van der Waals surface area contributed by atoms with Gasteiger partial charge in [0.1, 0.15) is 5.75 Å². The minimum Gasteiger partial charge on any atom is -0.497 e. The maximum atomic E-state index is 8.76. The molecule has 1 aromatic rings. The van der Waals surface area contributed by atoms with Gasteiger partial charge in [-0.3, -0.25) is 4.99 Å². The van der Waals surface area contributed by atoms with Crippen LogP contribution >= 0.6 is 24.0 Å². The molecule has 0 atom stereocenters. The van der Waals surface area contributed by atoms with Crippen LogP contribution in [0.1, 0.15) is 12.5 Å². The van der Waals surface area contributed by atoms with Crippen LogP contribution < -0.4 is 15.4 Å². The molecule has 0 aliphatic carbocycles. The summed E-state index contributed by atoms with van der Waals surface area (Å²) in [6, 6.07) is 8.03. The molecule has 5 nitrogen and oxygen atoms in total. The number of methoxy groups -OCH3 is 1. The lowest BCUT2D eigenvalue weighted by Gasteiger charge is -2.11. The lowest BCUT2D eigenvalue weighted by atomic mass is 10.1. The van der Waals surface area contributed by atoms with E-state index in [2.05, 4.69) is 27.8 Å². The summed E-state index contributed by atoms with van der Waals surface area (Å²) in [5.41, 5.74) is 1.24. The van der Waals surface area contributed by atoms with E-state index in [0.717, 1.165) is 31.2 Å². The number of aliphatic hydroxyl groups is 1. The number of nitrogens with one attached hydrogen (secondary N) is 2. The molecule has 0 aliphatic rings. The van der Waals surface area contributed by atoms with Gasteiger partial charge >= 0.3 is 0 Å². The summed E-state index contributed by atoms with van der Waals surface area (Å²) < 4.78 is 5.12. The number of rotatable bonds is 7. The van der Waals surface area contributed by atoms with E-state index < -0.39 is 0 Å². The van der Waals surface area contributed by atoms with E-state index in [4.69, 9.17) is 9.84 Å². The molecule has 0 saturated carbocycles. The fourth-order valence-electron chi connectivity index (χ4n) is 1.62. The van der Waals surface area contributed by atoms with Crippen LogP contribution in [-0.2, 0) is 6.42 Å². The Balaban J connectivity index is 0.00000361. The highest BCUT2D eigenvalue weighted by Crippen LogP contribution is 2.11. The first-order valence-electron chi connectivity index (χ1n) is 6.56. The Bertz CT molecular complexity index is 383. The van der Waals surface area contributed by atoms with Gasteiger partial charge in [-0.15, -0.1) is 24.0 Å². The van der Waals surface area contributed by atoms with Gasteiger partial charge in [0.25, 0.3) is 0 Å². The number of aliphatic hydroxyl groups excluding tert-OH is 1. The largest absolute Gasteiger partial charge is 0.497 e. The Hall–Kier alpha value is -1.02. The highest BCUT2D eigenvalue weighted by atomic mass is 127. The molecule has 20 heavy (non-hydrogen) atoms. The van der Waals surface area contributed by atoms with E-state index in [1.807, 2.05) is 19.1 Å². The van der Waals surface area contributed by atoms with Gasteiger partial charge in [0, 0.05) is 13.1 Å². The molecule has 114 valence electrons. The molecule has 6 heteroatoms. The fraction of sp³-hybridized carbons (Fsp3) is 0.500. The van der Waals surface area contributed by atoms with E-state index in [1.165, 1.54) is 5.56 Å². The van der Waals surface area contributed by atoms with Crippen LogP contribution in [0.2, 0.25) is 0 Å². The fourth-order valence-corrected chi connectivity index (χ4v) is 1.62. The number of guanidine groups is 1. The molecule has 0 bridgehead atoms. The highest BCUT2D eigenvalue weighted by molar-refractivity contribution is 14.0. The minimum absolute atomic E-state index is 0. The van der Waals surface area contributed by atoms with E-state index in [-0.39, 0.29) is 30.6 Å². The number of hydrogen-bond donors (Lipinski definition) is 3. The van der Waals surface area contributed by atoms with E-state index in [0.29, 0.717) is 6.54 Å². The molecular weight excluding hydrogens is 369 g/mol. The van der Waals surface area contributed by atoms with Crippen molar-refractivity contribution in [1.82, 2.24) is 10.6 Å². The normalized spacial score (nSPS) is 10.7. The molecule has 1 aromatic carbocycles. The van der Waals surface area contributed by atoms with Crippen molar-refractivity contribution in [2.75, 3.05) is 33.4 Å². The van der Waals surface area contributed by atoms with E-state index >= 15 is 0 Å². The van der Waals surface area contributed by atoms with Crippen LogP contribution in [0, 0.1) is 0 Å². The Morgan fingerprint density at radius 3 is 2.50 bits per heavy atom. The van der Waals surface area contributed by atoms with Crippen LogP contribution in [0.25, 0.3) is 0 Å². The topological polar surface area (TPSA) is 65.9 Å². The average Bonchev–Trinajstić information content (AvgIpc) is 2.45. The molecule has 0 heterocycles. The number of nitrogens with zero attached hydrogens (tertiary/aromatic N) is 1. The zero-order valence-corrected chi connectivity index (χ0v) is 14.4. The molecule has 0 spiro atoms. The predicted molar refractivity (Wildman–Crippen MR) is 93.2 cm³/mol. The van der Waals surface area contributed by atoms with E-state index in [1.54, 1.807) is 7.11 Å². The number of ether oxygens (including phenoxy) is 1. The third-order valence-corrected chi connectivity index (χ3v) is 2.58. The summed E-state index contributed by atoms with van der Waals surface area (Å²) in [6.07, 6.45) is 0.910. The Kier molecular flexibility index (Phi) is 11.2. The first-order chi connectivity index (χ1) is 9.30. The van der Waals surface area contributed by atoms with Gasteiger partial charge < -0.3 is 20.5 Å². The summed E-state index contributed by atoms with van der Waals surface area (Å²) in [4.78, 5) is 4.21. The maximum Gasteiger partial charge on any atom is 0.191 e. The van der Waals surface area contributed by atoms with Gasteiger partial charge in [0.2, 0.25) is 0 Å². The van der Waals surface area contributed by atoms with Crippen molar-refractivity contribution >= 4 is 29.9 Å². The van der Waals surface area contributed by atoms with Crippen LogP contribution in [0.15, 0.2) is 29.3 Å². The molecular formula is C14H24IN3O2. The number of benzene rings is 1. The van der Waals surface area contributed by atoms with Gasteiger partial charge in [-0.25, -0.2) is 0 Å². The molecule has 0 unspecified atom stereocenters. The maximum absolute atomic E-state index is 8.76. The first kappa shape index (κ1) is 19.0. The summed E-state index contributed by atoms with van der Waals surface area (Å²) in [5.74, 6) is 1.61. The molecule has 0 radical (unpaired) electrons. The monoisotopic (exact) mass is 393 g/mol. The predicted octanol–water partition coefficient (Wildman–Crippen LogP) is 1.40. The highest BCUT2D eigenvalue weighted by Gasteiger charge is 1.98. The van der Waals surface area contributed by atoms with Crippen molar-refractivity contribution in [3.05, 3.63) is 29.8 Å². The average molecular weight is 393 g/mol. The van der Waals surface area contributed by atoms with Crippen molar-refractivity contribution in [3.63, 3.8) is 0 Å². The van der Waals surface area contributed by atoms with Crippen molar-refractivity contribution in [3.8, 4) is 5.75 Å². The molecule has 0 amide bonds. The Morgan fingerprint density at radius 1 is 1.25 bits per heavy atom. The smallest absolute Gasteiger partial charge is 0.191 e. The molecule has 0 aliphatic heterocycles. The van der Waals surface area contributed by atoms with Crippen molar-refractivity contribution in [1.29, 1.82) is 0 Å². The SMILES string of the molecule is CCNC(=NCCO)NCCc1ccc(OC)cc1.I. The van der Waals surface area contributed by atoms with Crippen LogP contribution in [0.4, 0.5) is 0 Å². The van der Waals surface area contributed by atoms with Crippen molar-refractivity contribution in [2.45, 2.75) is 13.3 Å². The third-order valence-electron chi connectivity index (χ3n) is 2.58. The quantitative estimate of drug-likeness (QED) is 0.372. The third kappa shape index (κ3) is 7.54. The van der Waals surface area contributed by atoms with Gasteiger partial charge in [0.15, 0.2) is 5.96 Å². The van der Waals surface area contributed by atoms with Gasteiger partial charge in [0.05, 0.1) is 20.3 Å². The van der Waals surface area contributed by atoms with Crippen molar-refractivity contribution in [2.24, 2.45) is 4.99 Å². The summed E-state index contributed by atoms with van der Waals surface area (Å²) in [6.45, 7) is 4.09. The second-order valence-electron chi connectivity index (χ2n) is 4.01. The number of aliphatic imine (C=N–C) groups is 1. The molecule has 0 fully saturated rings. The van der Waals surface area contributed by atoms with Gasteiger partial charge in [-0.1, -0.05) is 12.1 Å². The minimum atomic E-state index is 0. The zero-order chi connectivity index (χ0) is 13.9. The Labute approximate surface area is 137 Å². The molecule has 3 N–H and O–H groups in total. The van der Waals surface area contributed by atoms with Crippen LogP contribution in [0.5, 0.6) is 5.75 Å². The zero-order valence-electron chi connectivity index (χ0n) is 12.1. The first-order valence-corrected chi connectivity index (χ1v) is 6.56. The van der Waals surface area contributed by atoms with Gasteiger partial charge in [-0.05, 0) is 31.0 Å².